The summed E-state index contributed by atoms with van der Waals surface area (Å²) in [5.74, 6) is -0.514. The predicted octanol–water partition coefficient (Wildman–Crippen LogP) is 5.91. The minimum absolute atomic E-state index is 0.0161. The number of carbonyl (C=O) groups excluding carboxylic acids is 2. The lowest BCUT2D eigenvalue weighted by atomic mass is 10.1. The van der Waals surface area contributed by atoms with Crippen LogP contribution in [0.25, 0.3) is 0 Å². The molecule has 3 rings (SSSR count). The summed E-state index contributed by atoms with van der Waals surface area (Å²) in [6.07, 6.45) is 0.892. The molecule has 1 aromatic heterocycles. The highest BCUT2D eigenvalue weighted by Crippen LogP contribution is 2.20. The maximum atomic E-state index is 13.5. The van der Waals surface area contributed by atoms with E-state index in [9.17, 15) is 14.0 Å². The van der Waals surface area contributed by atoms with Gasteiger partial charge in [0, 0.05) is 28.4 Å². The van der Waals surface area contributed by atoms with Crippen molar-refractivity contribution in [3.8, 4) is 0 Å². The van der Waals surface area contributed by atoms with Crippen LogP contribution < -0.4 is 0 Å². The van der Waals surface area contributed by atoms with Gasteiger partial charge >= 0.3 is 0 Å². The Morgan fingerprint density at radius 1 is 0.939 bits per heavy atom. The van der Waals surface area contributed by atoms with Gasteiger partial charge in [0.1, 0.15) is 12.4 Å². The van der Waals surface area contributed by atoms with Crippen molar-refractivity contribution in [1.82, 2.24) is 9.80 Å². The molecule has 0 aliphatic carbocycles. The maximum Gasteiger partial charge on any atom is 0.254 e. The lowest BCUT2D eigenvalue weighted by molar-refractivity contribution is -0.133. The van der Waals surface area contributed by atoms with Gasteiger partial charge in [0.05, 0.1) is 6.54 Å². The highest BCUT2D eigenvalue weighted by molar-refractivity contribution is 7.11. The van der Waals surface area contributed by atoms with Gasteiger partial charge in [0.2, 0.25) is 5.91 Å². The number of hydrogen-bond donors (Lipinski definition) is 0. The second-order valence-electron chi connectivity index (χ2n) is 8.45. The fourth-order valence-electron chi connectivity index (χ4n) is 3.56. The monoisotopic (exact) mass is 466 g/mol. The van der Waals surface area contributed by atoms with Crippen LogP contribution in [0.4, 0.5) is 4.39 Å². The first-order valence-corrected chi connectivity index (χ1v) is 12.1. The molecule has 2 aromatic carbocycles. The lowest BCUT2D eigenvalue weighted by Crippen LogP contribution is -2.44. The summed E-state index contributed by atoms with van der Waals surface area (Å²) in [5.41, 5.74) is 1.42. The lowest BCUT2D eigenvalue weighted by Gasteiger charge is -2.29. The van der Waals surface area contributed by atoms with E-state index in [2.05, 4.69) is 19.9 Å². The van der Waals surface area contributed by atoms with E-state index in [4.69, 9.17) is 0 Å². The largest absolute Gasteiger partial charge is 0.332 e. The average molecular weight is 467 g/mol. The fraction of sp³-hybridized carbons (Fsp3) is 0.333. The Morgan fingerprint density at radius 3 is 2.24 bits per heavy atom. The van der Waals surface area contributed by atoms with Gasteiger partial charge in [-0.15, -0.1) is 11.3 Å². The van der Waals surface area contributed by atoms with Crippen LogP contribution in [0.15, 0.2) is 66.7 Å². The molecule has 2 amide bonds. The molecular formula is C27H31FN2O2S. The molecule has 0 fully saturated rings. The predicted molar refractivity (Wildman–Crippen MR) is 132 cm³/mol. The highest BCUT2D eigenvalue weighted by atomic mass is 32.1. The van der Waals surface area contributed by atoms with Gasteiger partial charge in [-0.3, -0.25) is 9.59 Å². The van der Waals surface area contributed by atoms with E-state index in [1.54, 1.807) is 16.2 Å². The van der Waals surface area contributed by atoms with Gasteiger partial charge in [-0.2, -0.15) is 0 Å². The zero-order valence-corrected chi connectivity index (χ0v) is 20.3. The number of benzene rings is 2. The minimum atomic E-state index is -0.392. The number of nitrogens with zero attached hydrogens (tertiary/aromatic N) is 2. The van der Waals surface area contributed by atoms with E-state index < -0.39 is 5.82 Å². The third kappa shape index (κ3) is 7.26. The normalized spacial score (nSPS) is 11.8. The molecule has 1 unspecified atom stereocenters. The fourth-order valence-corrected chi connectivity index (χ4v) is 4.46. The summed E-state index contributed by atoms with van der Waals surface area (Å²) < 4.78 is 13.4. The molecule has 4 nitrogen and oxygen atoms in total. The Hall–Kier alpha value is -2.99. The molecule has 0 N–H and O–H groups in total. The Balaban J connectivity index is 1.82. The van der Waals surface area contributed by atoms with Crippen LogP contribution in [0.3, 0.4) is 0 Å². The van der Waals surface area contributed by atoms with Gasteiger partial charge in [-0.25, -0.2) is 4.39 Å². The van der Waals surface area contributed by atoms with E-state index >= 15 is 0 Å². The summed E-state index contributed by atoms with van der Waals surface area (Å²) in [6, 6.07) is 19.5. The van der Waals surface area contributed by atoms with Crippen LogP contribution in [0, 0.1) is 18.7 Å². The topological polar surface area (TPSA) is 40.6 Å². The Kier molecular flexibility index (Phi) is 8.78. The van der Waals surface area contributed by atoms with Crippen molar-refractivity contribution < 1.29 is 14.0 Å². The van der Waals surface area contributed by atoms with Crippen molar-refractivity contribution in [2.45, 2.75) is 40.3 Å². The second kappa shape index (κ2) is 11.8. The molecule has 0 bridgehead atoms. The van der Waals surface area contributed by atoms with Gasteiger partial charge < -0.3 is 9.80 Å². The van der Waals surface area contributed by atoms with E-state index in [1.165, 1.54) is 29.1 Å². The van der Waals surface area contributed by atoms with Crippen molar-refractivity contribution in [2.24, 2.45) is 5.92 Å². The highest BCUT2D eigenvalue weighted by Gasteiger charge is 2.24. The zero-order valence-electron chi connectivity index (χ0n) is 19.5. The van der Waals surface area contributed by atoms with E-state index in [0.717, 1.165) is 16.9 Å². The van der Waals surface area contributed by atoms with Crippen LogP contribution >= 0.6 is 11.3 Å². The third-order valence-corrected chi connectivity index (χ3v) is 6.63. The first-order chi connectivity index (χ1) is 15.9. The number of thiophene rings is 1. The van der Waals surface area contributed by atoms with Crippen molar-refractivity contribution in [2.75, 3.05) is 13.1 Å². The van der Waals surface area contributed by atoms with Crippen molar-refractivity contribution in [1.29, 1.82) is 0 Å². The summed E-state index contributed by atoms with van der Waals surface area (Å²) in [6.45, 7) is 7.59. The number of aryl methyl sites for hydroxylation is 1. The number of carbonyl (C=O) groups is 2. The third-order valence-electron chi connectivity index (χ3n) is 5.65. The summed E-state index contributed by atoms with van der Waals surface area (Å²) >= 11 is 1.67. The molecule has 3 aromatic rings. The van der Waals surface area contributed by atoms with Crippen LogP contribution in [0.1, 0.15) is 45.9 Å². The standard InChI is InChI=1S/C27H31FN2O2S/c1-4-20(2)16-30(27(32)23-11-13-24(28)14-12-23)19-26(31)29(17-22-8-6-5-7-9-22)18-25-15-10-21(3)33-25/h5-15,20H,4,16-19H2,1-3H3. The molecule has 0 saturated heterocycles. The number of halogens is 1. The smallest absolute Gasteiger partial charge is 0.254 e. The molecule has 33 heavy (non-hydrogen) atoms. The molecule has 0 radical (unpaired) electrons. The molecular weight excluding hydrogens is 435 g/mol. The van der Waals surface area contributed by atoms with Crippen LogP contribution in [0.5, 0.6) is 0 Å². The number of hydrogen-bond acceptors (Lipinski definition) is 3. The average Bonchev–Trinajstić information content (AvgIpc) is 3.23. The number of amides is 2. The minimum Gasteiger partial charge on any atom is -0.332 e. The van der Waals surface area contributed by atoms with Crippen molar-refractivity contribution in [3.05, 3.63) is 93.4 Å². The van der Waals surface area contributed by atoms with E-state index in [1.807, 2.05) is 48.2 Å². The SMILES string of the molecule is CCC(C)CN(CC(=O)N(Cc1ccccc1)Cc1ccc(C)s1)C(=O)c1ccc(F)cc1. The van der Waals surface area contributed by atoms with E-state index in [0.29, 0.717) is 25.2 Å². The van der Waals surface area contributed by atoms with Crippen LogP contribution in [0.2, 0.25) is 0 Å². The van der Waals surface area contributed by atoms with Crippen molar-refractivity contribution in [3.63, 3.8) is 0 Å². The van der Waals surface area contributed by atoms with Crippen molar-refractivity contribution >= 4 is 23.2 Å². The Bertz CT molecular complexity index is 1050. The molecule has 0 aliphatic rings. The molecule has 0 aliphatic heterocycles. The Morgan fingerprint density at radius 2 is 1.64 bits per heavy atom. The summed E-state index contributed by atoms with van der Waals surface area (Å²) in [4.78, 5) is 32.4. The first kappa shape index (κ1) is 24.6. The molecule has 1 atom stereocenters. The van der Waals surface area contributed by atoms with Gasteiger partial charge in [0.25, 0.3) is 5.91 Å². The molecule has 0 spiro atoms. The van der Waals surface area contributed by atoms with Gasteiger partial charge in [0.15, 0.2) is 0 Å². The first-order valence-electron chi connectivity index (χ1n) is 11.3. The summed E-state index contributed by atoms with van der Waals surface area (Å²) in [7, 11) is 0. The second-order valence-corrected chi connectivity index (χ2v) is 9.83. The zero-order chi connectivity index (χ0) is 23.8. The Labute approximate surface area is 199 Å². The van der Waals surface area contributed by atoms with E-state index in [-0.39, 0.29) is 24.3 Å². The number of rotatable bonds is 10. The summed E-state index contributed by atoms with van der Waals surface area (Å²) in [5, 5.41) is 0. The van der Waals surface area contributed by atoms with Crippen LogP contribution in [-0.4, -0.2) is 34.7 Å². The van der Waals surface area contributed by atoms with Crippen LogP contribution in [-0.2, 0) is 17.9 Å². The van der Waals surface area contributed by atoms with Gasteiger partial charge in [-0.1, -0.05) is 50.6 Å². The van der Waals surface area contributed by atoms with Gasteiger partial charge in [-0.05, 0) is 54.8 Å². The molecule has 174 valence electrons. The maximum absolute atomic E-state index is 13.5. The molecule has 6 heteroatoms. The molecule has 0 saturated carbocycles. The molecule has 1 heterocycles. The quantitative estimate of drug-likeness (QED) is 0.373.